The van der Waals surface area contributed by atoms with E-state index in [0.29, 0.717) is 13.1 Å². The molecule has 7 heteroatoms. The van der Waals surface area contributed by atoms with Gasteiger partial charge in [-0.25, -0.2) is 9.97 Å². The Kier molecular flexibility index (Phi) is 4.45. The van der Waals surface area contributed by atoms with Crippen LogP contribution in [0.5, 0.6) is 0 Å². The van der Waals surface area contributed by atoms with E-state index in [9.17, 15) is 18.3 Å². The third-order valence-electron chi connectivity index (χ3n) is 4.48. The molecule has 1 atom stereocenters. The quantitative estimate of drug-likeness (QED) is 0.935. The molecule has 0 unspecified atom stereocenters. The normalized spacial score (nSPS) is 21.8. The van der Waals surface area contributed by atoms with Gasteiger partial charge >= 0.3 is 6.18 Å². The zero-order chi connectivity index (χ0) is 17.2. The monoisotopic (exact) mass is 337 g/mol. The van der Waals surface area contributed by atoms with Crippen LogP contribution >= 0.6 is 0 Å². The van der Waals surface area contributed by atoms with E-state index in [2.05, 4.69) is 9.97 Å². The summed E-state index contributed by atoms with van der Waals surface area (Å²) < 4.78 is 38.6. The highest BCUT2D eigenvalue weighted by molar-refractivity contribution is 5.37. The molecular weight excluding hydrogens is 319 g/mol. The van der Waals surface area contributed by atoms with E-state index in [1.807, 2.05) is 30.3 Å². The Balaban J connectivity index is 1.91. The molecule has 1 fully saturated rings. The van der Waals surface area contributed by atoms with Gasteiger partial charge in [-0.1, -0.05) is 30.3 Å². The molecule has 3 rings (SSSR count). The summed E-state index contributed by atoms with van der Waals surface area (Å²) in [7, 11) is 0. The molecular formula is C17H18F3N3O. The summed E-state index contributed by atoms with van der Waals surface area (Å²) in [6.45, 7) is 0.872. The number of piperidine rings is 1. The second-order valence-corrected chi connectivity index (χ2v) is 6.07. The van der Waals surface area contributed by atoms with Gasteiger partial charge in [0.1, 0.15) is 5.69 Å². The number of nitrogens with zero attached hydrogens (tertiary/aromatic N) is 3. The van der Waals surface area contributed by atoms with Crippen LogP contribution in [0.4, 0.5) is 19.1 Å². The number of aliphatic hydroxyl groups is 1. The van der Waals surface area contributed by atoms with Crippen LogP contribution in [0.3, 0.4) is 0 Å². The maximum absolute atomic E-state index is 12.9. The summed E-state index contributed by atoms with van der Waals surface area (Å²) in [6.07, 6.45) is -1.86. The van der Waals surface area contributed by atoms with Crippen LogP contribution in [-0.2, 0) is 11.6 Å². The maximum atomic E-state index is 12.9. The summed E-state index contributed by atoms with van der Waals surface area (Å²) in [5.41, 5.74) is -0.492. The topological polar surface area (TPSA) is 49.2 Å². The first-order valence-electron chi connectivity index (χ1n) is 7.76. The van der Waals surface area contributed by atoms with Crippen molar-refractivity contribution in [3.05, 3.63) is 53.9 Å². The maximum Gasteiger partial charge on any atom is 0.433 e. The number of aliphatic hydroxyl groups excluding tert-OH is 1. The Morgan fingerprint density at radius 1 is 1.17 bits per heavy atom. The average molecular weight is 337 g/mol. The van der Waals surface area contributed by atoms with E-state index >= 15 is 0 Å². The zero-order valence-electron chi connectivity index (χ0n) is 13.0. The Bertz CT molecular complexity index is 693. The molecule has 1 aromatic carbocycles. The molecule has 0 bridgehead atoms. The summed E-state index contributed by atoms with van der Waals surface area (Å²) in [6, 6.07) is 10.4. The SMILES string of the molecule is OC[C@]1(c2ccccc2)CCCN(c2nccc(C(F)(F)F)n2)C1. The van der Waals surface area contributed by atoms with E-state index in [1.165, 1.54) is 0 Å². The standard InChI is InChI=1S/C17H18F3N3O/c18-17(19,20)14-7-9-21-15(22-14)23-10-4-8-16(11-23,12-24)13-5-2-1-3-6-13/h1-3,5-7,9,24H,4,8,10-12H2/t16-/m0/s1. The number of halogens is 3. The number of hydrogen-bond donors (Lipinski definition) is 1. The fourth-order valence-corrected chi connectivity index (χ4v) is 3.21. The fraction of sp³-hybridized carbons (Fsp3) is 0.412. The smallest absolute Gasteiger partial charge is 0.395 e. The lowest BCUT2D eigenvalue weighted by atomic mass is 9.75. The van der Waals surface area contributed by atoms with Crippen LogP contribution in [0.2, 0.25) is 0 Å². The number of benzene rings is 1. The molecule has 128 valence electrons. The minimum atomic E-state index is -4.50. The molecule has 1 N–H and O–H groups in total. The van der Waals surface area contributed by atoms with Crippen molar-refractivity contribution in [3.8, 4) is 0 Å². The van der Waals surface area contributed by atoms with Crippen LogP contribution in [0, 0.1) is 0 Å². The molecule has 1 aromatic heterocycles. The molecule has 0 spiro atoms. The molecule has 0 radical (unpaired) electrons. The highest BCUT2D eigenvalue weighted by Gasteiger charge is 2.38. The first-order valence-corrected chi connectivity index (χ1v) is 7.76. The van der Waals surface area contributed by atoms with Crippen molar-refractivity contribution in [2.45, 2.75) is 24.4 Å². The Morgan fingerprint density at radius 3 is 2.58 bits per heavy atom. The van der Waals surface area contributed by atoms with Crippen LogP contribution in [0.25, 0.3) is 0 Å². The van der Waals surface area contributed by atoms with Gasteiger partial charge in [0.25, 0.3) is 0 Å². The van der Waals surface area contributed by atoms with Crippen LogP contribution in [0.15, 0.2) is 42.6 Å². The lowest BCUT2D eigenvalue weighted by Gasteiger charge is -2.42. The fourth-order valence-electron chi connectivity index (χ4n) is 3.21. The van der Waals surface area contributed by atoms with Gasteiger partial charge in [-0.2, -0.15) is 13.2 Å². The number of alkyl halides is 3. The molecule has 1 saturated heterocycles. The van der Waals surface area contributed by atoms with Crippen molar-refractivity contribution in [1.82, 2.24) is 9.97 Å². The van der Waals surface area contributed by atoms with Crippen molar-refractivity contribution >= 4 is 5.95 Å². The first-order chi connectivity index (χ1) is 11.4. The van der Waals surface area contributed by atoms with Gasteiger partial charge in [0.15, 0.2) is 0 Å². The van der Waals surface area contributed by atoms with Crippen LogP contribution in [-0.4, -0.2) is 34.8 Å². The summed E-state index contributed by atoms with van der Waals surface area (Å²) in [5, 5.41) is 10.00. The summed E-state index contributed by atoms with van der Waals surface area (Å²) in [5.74, 6) is 0.0540. The third-order valence-corrected chi connectivity index (χ3v) is 4.48. The third kappa shape index (κ3) is 3.21. The lowest BCUT2D eigenvalue weighted by molar-refractivity contribution is -0.141. The van der Waals surface area contributed by atoms with E-state index in [1.54, 1.807) is 4.90 Å². The number of hydrogen-bond acceptors (Lipinski definition) is 4. The molecule has 0 saturated carbocycles. The van der Waals surface area contributed by atoms with E-state index in [0.717, 1.165) is 30.7 Å². The predicted molar refractivity (Wildman–Crippen MR) is 83.7 cm³/mol. The van der Waals surface area contributed by atoms with E-state index < -0.39 is 17.3 Å². The molecule has 0 aliphatic carbocycles. The zero-order valence-corrected chi connectivity index (χ0v) is 13.0. The Morgan fingerprint density at radius 2 is 1.92 bits per heavy atom. The number of anilines is 1. The first kappa shape index (κ1) is 16.7. The number of rotatable bonds is 3. The van der Waals surface area contributed by atoms with Crippen molar-refractivity contribution in [3.63, 3.8) is 0 Å². The molecule has 0 amide bonds. The van der Waals surface area contributed by atoms with Crippen LogP contribution in [0.1, 0.15) is 24.1 Å². The second-order valence-electron chi connectivity index (χ2n) is 6.07. The Labute approximate surface area is 138 Å². The van der Waals surface area contributed by atoms with Crippen LogP contribution < -0.4 is 4.90 Å². The molecule has 2 heterocycles. The minimum Gasteiger partial charge on any atom is -0.395 e. The van der Waals surface area contributed by atoms with Gasteiger partial charge in [-0.15, -0.1) is 0 Å². The number of aromatic nitrogens is 2. The van der Waals surface area contributed by atoms with Gasteiger partial charge in [-0.05, 0) is 24.5 Å². The highest BCUT2D eigenvalue weighted by Crippen LogP contribution is 2.35. The van der Waals surface area contributed by atoms with Gasteiger partial charge < -0.3 is 10.0 Å². The van der Waals surface area contributed by atoms with Gasteiger partial charge in [0, 0.05) is 24.7 Å². The molecule has 4 nitrogen and oxygen atoms in total. The highest BCUT2D eigenvalue weighted by atomic mass is 19.4. The van der Waals surface area contributed by atoms with Gasteiger partial charge in [0.05, 0.1) is 6.61 Å². The molecule has 1 aliphatic rings. The minimum absolute atomic E-state index is 0.0540. The summed E-state index contributed by atoms with van der Waals surface area (Å²) >= 11 is 0. The van der Waals surface area contributed by atoms with Gasteiger partial charge in [-0.3, -0.25) is 0 Å². The average Bonchev–Trinajstić information content (AvgIpc) is 2.62. The van der Waals surface area contributed by atoms with Crippen molar-refractivity contribution in [2.24, 2.45) is 0 Å². The predicted octanol–water partition coefficient (Wildman–Crippen LogP) is 3.03. The van der Waals surface area contributed by atoms with Crippen molar-refractivity contribution in [2.75, 3.05) is 24.6 Å². The van der Waals surface area contributed by atoms with Gasteiger partial charge in [0.2, 0.25) is 5.95 Å². The second kappa shape index (κ2) is 6.39. The Hall–Kier alpha value is -2.15. The van der Waals surface area contributed by atoms with Crippen molar-refractivity contribution < 1.29 is 18.3 Å². The van der Waals surface area contributed by atoms with E-state index in [-0.39, 0.29) is 12.6 Å². The van der Waals surface area contributed by atoms with Crippen molar-refractivity contribution in [1.29, 1.82) is 0 Å². The molecule has 2 aromatic rings. The molecule has 1 aliphatic heterocycles. The lowest BCUT2D eigenvalue weighted by Crippen LogP contribution is -2.49. The summed E-state index contributed by atoms with van der Waals surface area (Å²) in [4.78, 5) is 9.40. The largest absolute Gasteiger partial charge is 0.433 e. The van der Waals surface area contributed by atoms with E-state index in [4.69, 9.17) is 0 Å². The molecule has 24 heavy (non-hydrogen) atoms.